The topological polar surface area (TPSA) is 20.2 Å². The smallest absolute Gasteiger partial charge is 0.115 e. The van der Waals surface area contributed by atoms with Crippen molar-refractivity contribution in [3.8, 4) is 5.75 Å². The van der Waals surface area contributed by atoms with Crippen LogP contribution in [0.1, 0.15) is 69.4 Å². The van der Waals surface area contributed by atoms with Gasteiger partial charge < -0.3 is 5.11 Å². The van der Waals surface area contributed by atoms with Crippen molar-refractivity contribution in [2.45, 2.75) is 64.7 Å². The van der Waals surface area contributed by atoms with Crippen LogP contribution in [0.2, 0.25) is 0 Å². The second-order valence-electron chi connectivity index (χ2n) is 7.91. The summed E-state index contributed by atoms with van der Waals surface area (Å²) in [5.74, 6) is 1.75. The highest BCUT2D eigenvalue weighted by Gasteiger charge is 2.49. The van der Waals surface area contributed by atoms with E-state index in [1.807, 2.05) is 12.1 Å². The van der Waals surface area contributed by atoms with E-state index in [0.717, 1.165) is 12.3 Å². The van der Waals surface area contributed by atoms with Gasteiger partial charge in [0.15, 0.2) is 0 Å². The summed E-state index contributed by atoms with van der Waals surface area (Å²) >= 11 is 0. The first-order chi connectivity index (χ1) is 11.1. The minimum atomic E-state index is 0.409. The molecule has 1 nitrogen and oxygen atoms in total. The predicted octanol–water partition coefficient (Wildman–Crippen LogP) is 5.89. The molecular weight excluding hydrogens is 280 g/mol. The maximum Gasteiger partial charge on any atom is 0.115 e. The van der Waals surface area contributed by atoms with E-state index in [-0.39, 0.29) is 0 Å². The second kappa shape index (κ2) is 5.54. The first-order valence-electron chi connectivity index (χ1n) is 9.34. The molecule has 0 spiro atoms. The van der Waals surface area contributed by atoms with E-state index in [2.05, 4.69) is 32.1 Å². The zero-order chi connectivity index (χ0) is 16.0. The molecule has 2 saturated carbocycles. The Morgan fingerprint density at radius 1 is 1.30 bits per heavy atom. The second-order valence-corrected chi connectivity index (χ2v) is 7.91. The van der Waals surface area contributed by atoms with Crippen molar-refractivity contribution >= 4 is 0 Å². The van der Waals surface area contributed by atoms with E-state index in [1.165, 1.54) is 49.7 Å². The minimum absolute atomic E-state index is 0.409. The fourth-order valence-corrected chi connectivity index (χ4v) is 5.46. The van der Waals surface area contributed by atoms with Crippen LogP contribution >= 0.6 is 0 Å². The average Bonchev–Trinajstić information content (AvgIpc) is 2.89. The lowest BCUT2D eigenvalue weighted by Gasteiger charge is -2.45. The van der Waals surface area contributed by atoms with Gasteiger partial charge >= 0.3 is 0 Å². The van der Waals surface area contributed by atoms with Gasteiger partial charge in [0.1, 0.15) is 5.75 Å². The van der Waals surface area contributed by atoms with Gasteiger partial charge in [-0.1, -0.05) is 49.6 Å². The molecule has 0 aliphatic heterocycles. The Balaban J connectivity index is 1.68. The lowest BCUT2D eigenvalue weighted by Crippen LogP contribution is -2.34. The third-order valence-corrected chi connectivity index (χ3v) is 6.70. The minimum Gasteiger partial charge on any atom is -0.508 e. The number of hydrogen-bond acceptors (Lipinski definition) is 1. The first kappa shape index (κ1) is 15.1. The molecule has 2 fully saturated rings. The van der Waals surface area contributed by atoms with Gasteiger partial charge in [-0.05, 0) is 73.1 Å². The Morgan fingerprint density at radius 2 is 2.17 bits per heavy atom. The highest BCUT2D eigenvalue weighted by Crippen LogP contribution is 2.61. The number of unbranched alkanes of at least 4 members (excludes halogenated alkanes) is 1. The molecule has 0 aromatic heterocycles. The number of phenolic OH excluding ortho intramolecular Hbond substituents is 1. The summed E-state index contributed by atoms with van der Waals surface area (Å²) in [6, 6.07) is 6.02. The zero-order valence-electron chi connectivity index (χ0n) is 14.4. The molecule has 0 saturated heterocycles. The average molecular weight is 308 g/mol. The lowest BCUT2D eigenvalue weighted by molar-refractivity contribution is 0.229. The molecule has 1 aromatic rings. The van der Waals surface area contributed by atoms with Crippen molar-refractivity contribution in [3.05, 3.63) is 52.6 Å². The van der Waals surface area contributed by atoms with Crippen LogP contribution in [0.5, 0.6) is 5.75 Å². The summed E-state index contributed by atoms with van der Waals surface area (Å²) in [7, 11) is 0. The molecule has 1 aromatic carbocycles. The van der Waals surface area contributed by atoms with Crippen LogP contribution in [-0.4, -0.2) is 5.11 Å². The molecule has 0 heterocycles. The van der Waals surface area contributed by atoms with Crippen molar-refractivity contribution in [2.75, 3.05) is 0 Å². The Hall–Kier alpha value is -1.50. The largest absolute Gasteiger partial charge is 0.508 e. The van der Waals surface area contributed by atoms with Crippen LogP contribution in [0, 0.1) is 11.3 Å². The fraction of sp³-hybridized carbons (Fsp3) is 0.545. The third-order valence-electron chi connectivity index (χ3n) is 6.70. The molecule has 23 heavy (non-hydrogen) atoms. The molecule has 3 aliphatic rings. The maximum absolute atomic E-state index is 9.76. The number of phenols is 1. The zero-order valence-corrected chi connectivity index (χ0v) is 14.4. The van der Waals surface area contributed by atoms with Crippen LogP contribution in [0.25, 0.3) is 0 Å². The summed E-state index contributed by atoms with van der Waals surface area (Å²) in [6.45, 7) is 4.80. The lowest BCUT2D eigenvalue weighted by atomic mass is 9.59. The van der Waals surface area contributed by atoms with Gasteiger partial charge in [0.25, 0.3) is 0 Å². The van der Waals surface area contributed by atoms with Crippen LogP contribution < -0.4 is 0 Å². The third kappa shape index (κ3) is 2.28. The van der Waals surface area contributed by atoms with Crippen molar-refractivity contribution < 1.29 is 5.11 Å². The maximum atomic E-state index is 9.76. The van der Waals surface area contributed by atoms with Crippen molar-refractivity contribution in [3.63, 3.8) is 0 Å². The number of allylic oxidation sites excluding steroid dienone is 4. The highest BCUT2D eigenvalue weighted by molar-refractivity contribution is 5.48. The van der Waals surface area contributed by atoms with E-state index in [1.54, 1.807) is 11.1 Å². The summed E-state index contributed by atoms with van der Waals surface area (Å²) < 4.78 is 0. The van der Waals surface area contributed by atoms with Gasteiger partial charge in [-0.3, -0.25) is 0 Å². The van der Waals surface area contributed by atoms with E-state index in [4.69, 9.17) is 0 Å². The van der Waals surface area contributed by atoms with Crippen LogP contribution in [0.3, 0.4) is 0 Å². The number of rotatable bonds is 2. The molecule has 0 bridgehead atoms. The number of hydrogen-bond donors (Lipinski definition) is 1. The molecular formula is C22H28O. The molecule has 1 N–H and O–H groups in total. The van der Waals surface area contributed by atoms with Gasteiger partial charge in [0.2, 0.25) is 0 Å². The van der Waals surface area contributed by atoms with Gasteiger partial charge in [0.05, 0.1) is 0 Å². The first-order valence-corrected chi connectivity index (χ1v) is 9.34. The highest BCUT2D eigenvalue weighted by atomic mass is 16.3. The summed E-state index contributed by atoms with van der Waals surface area (Å²) in [6.07, 6.45) is 13.8. The number of benzene rings is 1. The van der Waals surface area contributed by atoms with E-state index in [0.29, 0.717) is 17.1 Å². The summed E-state index contributed by atoms with van der Waals surface area (Å²) in [4.78, 5) is 0. The van der Waals surface area contributed by atoms with Crippen LogP contribution in [0.4, 0.5) is 0 Å². The monoisotopic (exact) mass is 308 g/mol. The van der Waals surface area contributed by atoms with Crippen molar-refractivity contribution in [1.82, 2.24) is 0 Å². The van der Waals surface area contributed by atoms with Crippen molar-refractivity contribution in [2.24, 2.45) is 11.3 Å². The molecule has 1 heteroatoms. The standard InChI is InChI=1S/C22H28O/c1-3-4-5-16-7-11-21-20-9-6-15-14-17(23)8-10-18(15)19(20)12-13-22(16,21)2/h5,8-10,14,19,21,23H,3-4,6-7,11-13H2,1-2H3/b16-5-/t19?,21?,22-/m1/s1. The fourth-order valence-electron chi connectivity index (χ4n) is 5.46. The molecule has 122 valence electrons. The van der Waals surface area contributed by atoms with Gasteiger partial charge in [-0.25, -0.2) is 0 Å². The molecule has 4 rings (SSSR count). The molecule has 2 unspecified atom stereocenters. The molecule has 3 atom stereocenters. The van der Waals surface area contributed by atoms with Crippen LogP contribution in [-0.2, 0) is 6.42 Å². The normalized spacial score (nSPS) is 33.8. The Labute approximate surface area is 140 Å². The van der Waals surface area contributed by atoms with Crippen LogP contribution in [0.15, 0.2) is 41.5 Å². The SMILES string of the molecule is CCC/C=C1/CCC2C3=CCc4cc(O)ccc4C3CC[C@]12C. The Bertz CT molecular complexity index is 681. The molecule has 0 radical (unpaired) electrons. The van der Waals surface area contributed by atoms with Gasteiger partial charge in [-0.15, -0.1) is 0 Å². The number of aromatic hydroxyl groups is 1. The number of fused-ring (bicyclic) bond motifs is 5. The van der Waals surface area contributed by atoms with Gasteiger partial charge in [-0.2, -0.15) is 0 Å². The van der Waals surface area contributed by atoms with E-state index >= 15 is 0 Å². The van der Waals surface area contributed by atoms with Crippen molar-refractivity contribution in [1.29, 1.82) is 0 Å². The summed E-state index contributed by atoms with van der Waals surface area (Å²) in [5.41, 5.74) is 6.67. The predicted molar refractivity (Wildman–Crippen MR) is 95.7 cm³/mol. The Kier molecular flexibility index (Phi) is 3.63. The van der Waals surface area contributed by atoms with E-state index in [9.17, 15) is 5.11 Å². The summed E-state index contributed by atoms with van der Waals surface area (Å²) in [5, 5.41) is 9.76. The Morgan fingerprint density at radius 3 is 3.00 bits per heavy atom. The van der Waals surface area contributed by atoms with E-state index < -0.39 is 0 Å². The molecule has 3 aliphatic carbocycles. The quantitative estimate of drug-likeness (QED) is 0.675. The molecule has 0 amide bonds. The van der Waals surface area contributed by atoms with Gasteiger partial charge in [0, 0.05) is 5.92 Å².